The number of carbonyl (C=O) groups excluding carboxylic acids is 2. The SMILES string of the molecule is Cc1cccc(C)c1NC(=O)CN(C)C(=O)COc1ccccc1C#N. The second-order valence-corrected chi connectivity index (χ2v) is 5.96. The molecule has 134 valence electrons. The van der Waals surface area contributed by atoms with Crippen LogP contribution in [-0.2, 0) is 9.59 Å². The predicted octanol–water partition coefficient (Wildman–Crippen LogP) is 2.65. The highest BCUT2D eigenvalue weighted by molar-refractivity contribution is 5.95. The van der Waals surface area contributed by atoms with Gasteiger partial charge in [-0.3, -0.25) is 9.59 Å². The lowest BCUT2D eigenvalue weighted by atomic mass is 10.1. The van der Waals surface area contributed by atoms with Crippen molar-refractivity contribution in [3.05, 3.63) is 59.2 Å². The van der Waals surface area contributed by atoms with E-state index in [9.17, 15) is 9.59 Å². The van der Waals surface area contributed by atoms with E-state index in [-0.39, 0.29) is 25.0 Å². The molecule has 1 N–H and O–H groups in total. The summed E-state index contributed by atoms with van der Waals surface area (Å²) >= 11 is 0. The van der Waals surface area contributed by atoms with Crippen LogP contribution < -0.4 is 10.1 Å². The van der Waals surface area contributed by atoms with E-state index in [1.165, 1.54) is 11.9 Å². The molecule has 2 amide bonds. The van der Waals surface area contributed by atoms with Crippen molar-refractivity contribution in [2.24, 2.45) is 0 Å². The number of amides is 2. The molecule has 26 heavy (non-hydrogen) atoms. The van der Waals surface area contributed by atoms with Crippen molar-refractivity contribution in [3.63, 3.8) is 0 Å². The predicted molar refractivity (Wildman–Crippen MR) is 98.8 cm³/mol. The molecular weight excluding hydrogens is 330 g/mol. The fraction of sp³-hybridized carbons (Fsp3) is 0.250. The van der Waals surface area contributed by atoms with E-state index in [2.05, 4.69) is 5.32 Å². The van der Waals surface area contributed by atoms with Gasteiger partial charge < -0.3 is 15.0 Å². The first kappa shape index (κ1) is 19.0. The van der Waals surface area contributed by atoms with Crippen LogP contribution in [0, 0.1) is 25.2 Å². The van der Waals surface area contributed by atoms with Gasteiger partial charge in [0, 0.05) is 12.7 Å². The Morgan fingerprint density at radius 3 is 2.42 bits per heavy atom. The standard InChI is InChI=1S/C20H21N3O3/c1-14-7-6-8-15(2)20(14)22-18(24)12-23(3)19(25)13-26-17-10-5-4-9-16(17)11-21/h4-10H,12-13H2,1-3H3,(H,22,24). The number of hydrogen-bond acceptors (Lipinski definition) is 4. The first-order chi connectivity index (χ1) is 12.4. The lowest BCUT2D eigenvalue weighted by Gasteiger charge is -2.18. The summed E-state index contributed by atoms with van der Waals surface area (Å²) in [6.45, 7) is 3.50. The third-order valence-electron chi connectivity index (χ3n) is 3.91. The van der Waals surface area contributed by atoms with Crippen molar-refractivity contribution in [1.29, 1.82) is 5.26 Å². The highest BCUT2D eigenvalue weighted by atomic mass is 16.5. The van der Waals surface area contributed by atoms with Gasteiger partial charge in [-0.05, 0) is 37.1 Å². The Bertz CT molecular complexity index is 835. The lowest BCUT2D eigenvalue weighted by molar-refractivity contribution is -0.135. The molecule has 0 radical (unpaired) electrons. The maximum Gasteiger partial charge on any atom is 0.260 e. The number of carbonyl (C=O) groups is 2. The summed E-state index contributed by atoms with van der Waals surface area (Å²) in [5.74, 6) is -0.290. The Kier molecular flexibility index (Phi) is 6.34. The van der Waals surface area contributed by atoms with Crippen molar-refractivity contribution in [2.75, 3.05) is 25.5 Å². The van der Waals surface area contributed by atoms with Crippen LogP contribution in [0.4, 0.5) is 5.69 Å². The van der Waals surface area contributed by atoms with Crippen LogP contribution in [0.3, 0.4) is 0 Å². The molecule has 0 saturated carbocycles. The zero-order valence-corrected chi connectivity index (χ0v) is 15.1. The zero-order valence-electron chi connectivity index (χ0n) is 15.1. The van der Waals surface area contributed by atoms with Crippen molar-refractivity contribution in [3.8, 4) is 11.8 Å². The summed E-state index contributed by atoms with van der Waals surface area (Å²) in [5.41, 5.74) is 3.04. The van der Waals surface area contributed by atoms with Gasteiger partial charge in [-0.15, -0.1) is 0 Å². The molecule has 0 heterocycles. The molecule has 2 rings (SSSR count). The van der Waals surface area contributed by atoms with Gasteiger partial charge in [-0.1, -0.05) is 30.3 Å². The number of benzene rings is 2. The number of nitriles is 1. The molecule has 0 saturated heterocycles. The molecule has 0 fully saturated rings. The summed E-state index contributed by atoms with van der Waals surface area (Å²) in [6.07, 6.45) is 0. The minimum atomic E-state index is -0.352. The van der Waals surface area contributed by atoms with Gasteiger partial charge in [-0.2, -0.15) is 5.26 Å². The van der Waals surface area contributed by atoms with Gasteiger partial charge in [0.05, 0.1) is 12.1 Å². The van der Waals surface area contributed by atoms with Gasteiger partial charge in [0.15, 0.2) is 6.61 Å². The number of nitrogens with zero attached hydrogens (tertiary/aromatic N) is 2. The van der Waals surface area contributed by atoms with E-state index in [0.717, 1.165) is 16.8 Å². The van der Waals surface area contributed by atoms with Crippen LogP contribution in [0.1, 0.15) is 16.7 Å². The molecule has 0 atom stereocenters. The van der Waals surface area contributed by atoms with Crippen LogP contribution in [0.15, 0.2) is 42.5 Å². The van der Waals surface area contributed by atoms with Crippen LogP contribution in [0.2, 0.25) is 0 Å². The van der Waals surface area contributed by atoms with Crippen molar-refractivity contribution >= 4 is 17.5 Å². The molecule has 0 aliphatic rings. The topological polar surface area (TPSA) is 82.4 Å². The quantitative estimate of drug-likeness (QED) is 0.867. The van der Waals surface area contributed by atoms with Crippen molar-refractivity contribution in [1.82, 2.24) is 4.90 Å². The number of anilines is 1. The Hall–Kier alpha value is -3.33. The highest BCUT2D eigenvalue weighted by Crippen LogP contribution is 2.19. The molecule has 6 nitrogen and oxygen atoms in total. The Balaban J connectivity index is 1.90. The monoisotopic (exact) mass is 351 g/mol. The summed E-state index contributed by atoms with van der Waals surface area (Å²) in [4.78, 5) is 25.7. The third kappa shape index (κ3) is 4.84. The van der Waals surface area contributed by atoms with E-state index in [0.29, 0.717) is 11.3 Å². The van der Waals surface area contributed by atoms with Gasteiger partial charge in [0.2, 0.25) is 5.91 Å². The number of aryl methyl sites for hydroxylation is 2. The second-order valence-electron chi connectivity index (χ2n) is 5.96. The molecule has 0 aliphatic carbocycles. The molecule has 6 heteroatoms. The first-order valence-electron chi connectivity index (χ1n) is 8.14. The van der Waals surface area contributed by atoms with Crippen LogP contribution in [0.25, 0.3) is 0 Å². The Morgan fingerprint density at radius 1 is 1.12 bits per heavy atom. The highest BCUT2D eigenvalue weighted by Gasteiger charge is 2.15. The number of hydrogen-bond donors (Lipinski definition) is 1. The van der Waals surface area contributed by atoms with E-state index in [1.807, 2.05) is 38.1 Å². The summed E-state index contributed by atoms with van der Waals surface area (Å²) in [7, 11) is 1.53. The van der Waals surface area contributed by atoms with Crippen LogP contribution >= 0.6 is 0 Å². The molecule has 0 aromatic heterocycles. The Labute approximate surface area is 153 Å². The molecular formula is C20H21N3O3. The third-order valence-corrected chi connectivity index (χ3v) is 3.91. The molecule has 0 spiro atoms. The van der Waals surface area contributed by atoms with Gasteiger partial charge in [0.25, 0.3) is 5.91 Å². The van der Waals surface area contributed by atoms with E-state index >= 15 is 0 Å². The van der Waals surface area contributed by atoms with Gasteiger partial charge >= 0.3 is 0 Å². The van der Waals surface area contributed by atoms with E-state index in [4.69, 9.17) is 10.00 Å². The fourth-order valence-corrected chi connectivity index (χ4v) is 2.43. The Morgan fingerprint density at radius 2 is 1.77 bits per heavy atom. The molecule has 0 bridgehead atoms. The fourth-order valence-electron chi connectivity index (χ4n) is 2.43. The lowest BCUT2D eigenvalue weighted by Crippen LogP contribution is -2.37. The molecule has 0 aliphatic heterocycles. The average Bonchev–Trinajstić information content (AvgIpc) is 2.63. The number of para-hydroxylation sites is 2. The summed E-state index contributed by atoms with van der Waals surface area (Å²) < 4.78 is 5.40. The van der Waals surface area contributed by atoms with Crippen LogP contribution in [-0.4, -0.2) is 36.9 Å². The largest absolute Gasteiger partial charge is 0.482 e. The number of ether oxygens (including phenoxy) is 1. The van der Waals surface area contributed by atoms with E-state index < -0.39 is 0 Å². The minimum Gasteiger partial charge on any atom is -0.482 e. The molecule has 2 aromatic rings. The normalized spacial score (nSPS) is 9.92. The maximum absolute atomic E-state index is 12.2. The zero-order chi connectivity index (χ0) is 19.1. The first-order valence-corrected chi connectivity index (χ1v) is 8.14. The average molecular weight is 351 g/mol. The number of likely N-dealkylation sites (N-methyl/N-ethyl adjacent to an activating group) is 1. The number of nitrogens with one attached hydrogen (secondary N) is 1. The van der Waals surface area contributed by atoms with E-state index in [1.54, 1.807) is 24.3 Å². The van der Waals surface area contributed by atoms with Crippen LogP contribution in [0.5, 0.6) is 5.75 Å². The smallest absolute Gasteiger partial charge is 0.260 e. The summed E-state index contributed by atoms with van der Waals surface area (Å²) in [6, 6.07) is 14.4. The maximum atomic E-state index is 12.2. The summed E-state index contributed by atoms with van der Waals surface area (Å²) in [5, 5.41) is 11.9. The molecule has 0 unspecified atom stereocenters. The van der Waals surface area contributed by atoms with Gasteiger partial charge in [0.1, 0.15) is 11.8 Å². The van der Waals surface area contributed by atoms with Gasteiger partial charge in [-0.25, -0.2) is 0 Å². The second kappa shape index (κ2) is 8.67. The van der Waals surface area contributed by atoms with Crippen molar-refractivity contribution < 1.29 is 14.3 Å². The van der Waals surface area contributed by atoms with Crippen molar-refractivity contribution in [2.45, 2.75) is 13.8 Å². The molecule has 2 aromatic carbocycles. The number of rotatable bonds is 6. The minimum absolute atomic E-state index is 0.0874.